The van der Waals surface area contributed by atoms with Gasteiger partial charge in [0.15, 0.2) is 0 Å². The summed E-state index contributed by atoms with van der Waals surface area (Å²) in [4.78, 5) is 4.34. The molecule has 0 radical (unpaired) electrons. The summed E-state index contributed by atoms with van der Waals surface area (Å²) in [6, 6.07) is 17.8. The fourth-order valence-electron chi connectivity index (χ4n) is 3.27. The predicted molar refractivity (Wildman–Crippen MR) is 91.9 cm³/mol. The molecule has 6 nitrogen and oxygen atoms in total. The van der Waals surface area contributed by atoms with Crippen LogP contribution in [0.15, 0.2) is 60.9 Å². The van der Waals surface area contributed by atoms with Gasteiger partial charge in [0, 0.05) is 0 Å². The van der Waals surface area contributed by atoms with Crippen molar-refractivity contribution in [1.29, 1.82) is 0 Å². The van der Waals surface area contributed by atoms with Crippen LogP contribution in [0, 0.1) is 0 Å². The molecular weight excluding hydrogens is 302 g/mol. The quantitative estimate of drug-likeness (QED) is 0.774. The summed E-state index contributed by atoms with van der Waals surface area (Å²) >= 11 is 0. The highest BCUT2D eigenvalue weighted by Gasteiger charge is 2.37. The Morgan fingerprint density at radius 3 is 2.50 bits per heavy atom. The van der Waals surface area contributed by atoms with Gasteiger partial charge in [0.2, 0.25) is 5.95 Å². The van der Waals surface area contributed by atoms with Crippen LogP contribution in [0.25, 0.3) is 0 Å². The summed E-state index contributed by atoms with van der Waals surface area (Å²) in [7, 11) is 1.66. The first-order chi connectivity index (χ1) is 11.8. The number of anilines is 1. The van der Waals surface area contributed by atoms with E-state index in [-0.39, 0.29) is 18.1 Å². The molecule has 0 bridgehead atoms. The maximum Gasteiger partial charge on any atom is 0.222 e. The number of aromatic nitrogens is 3. The molecule has 3 aromatic rings. The van der Waals surface area contributed by atoms with E-state index in [1.54, 1.807) is 13.4 Å². The van der Waals surface area contributed by atoms with Crippen LogP contribution in [-0.4, -0.2) is 27.9 Å². The molecule has 0 aliphatic carbocycles. The fourth-order valence-corrected chi connectivity index (χ4v) is 3.27. The number of ether oxygens (including phenoxy) is 1. The van der Waals surface area contributed by atoms with Crippen LogP contribution >= 0.6 is 0 Å². The van der Waals surface area contributed by atoms with Gasteiger partial charge < -0.3 is 15.8 Å². The van der Waals surface area contributed by atoms with Gasteiger partial charge in [-0.3, -0.25) is 0 Å². The standard InChI is InChI=1S/C18H19N5O/c1-24-14-9-7-13(8-10-14)17-15(19)16(12-5-3-2-4-6-12)22-18-20-11-21-23(17)18/h2-11,15-17H,19H2,1H3,(H,20,21,22)/t15-,16+,17-/m0/s1. The molecule has 2 heterocycles. The summed E-state index contributed by atoms with van der Waals surface area (Å²) in [6.45, 7) is 0. The van der Waals surface area contributed by atoms with Gasteiger partial charge in [-0.2, -0.15) is 10.1 Å². The molecule has 0 saturated heterocycles. The second kappa shape index (κ2) is 5.98. The van der Waals surface area contributed by atoms with E-state index < -0.39 is 0 Å². The van der Waals surface area contributed by atoms with Crippen molar-refractivity contribution in [3.8, 4) is 5.75 Å². The molecule has 2 aromatic carbocycles. The number of nitrogens with two attached hydrogens (primary N) is 1. The number of hydrogen-bond acceptors (Lipinski definition) is 5. The van der Waals surface area contributed by atoms with Gasteiger partial charge in [-0.15, -0.1) is 0 Å². The van der Waals surface area contributed by atoms with Gasteiger partial charge in [0.05, 0.1) is 25.2 Å². The lowest BCUT2D eigenvalue weighted by atomic mass is 9.89. The van der Waals surface area contributed by atoms with Crippen molar-refractivity contribution in [2.45, 2.75) is 18.1 Å². The number of rotatable bonds is 3. The highest BCUT2D eigenvalue weighted by molar-refractivity contribution is 5.41. The molecule has 24 heavy (non-hydrogen) atoms. The molecule has 3 atom stereocenters. The van der Waals surface area contributed by atoms with E-state index in [2.05, 4.69) is 27.5 Å². The van der Waals surface area contributed by atoms with Gasteiger partial charge in [-0.1, -0.05) is 42.5 Å². The molecule has 0 unspecified atom stereocenters. The average molecular weight is 321 g/mol. The molecule has 122 valence electrons. The van der Waals surface area contributed by atoms with E-state index in [1.807, 2.05) is 47.1 Å². The van der Waals surface area contributed by atoms with E-state index in [0.29, 0.717) is 0 Å². The Hall–Kier alpha value is -2.86. The Morgan fingerprint density at radius 2 is 1.79 bits per heavy atom. The van der Waals surface area contributed by atoms with Crippen molar-refractivity contribution >= 4 is 5.95 Å². The first-order valence-electron chi connectivity index (χ1n) is 7.88. The monoisotopic (exact) mass is 321 g/mol. The second-order valence-corrected chi connectivity index (χ2v) is 5.86. The van der Waals surface area contributed by atoms with Gasteiger partial charge in [0.25, 0.3) is 0 Å². The zero-order valence-corrected chi connectivity index (χ0v) is 13.3. The first-order valence-corrected chi connectivity index (χ1v) is 7.88. The van der Waals surface area contributed by atoms with Crippen LogP contribution < -0.4 is 15.8 Å². The summed E-state index contributed by atoms with van der Waals surface area (Å²) < 4.78 is 7.10. The fraction of sp³-hybridized carbons (Fsp3) is 0.222. The largest absolute Gasteiger partial charge is 0.497 e. The molecule has 1 aliphatic rings. The summed E-state index contributed by atoms with van der Waals surface area (Å²) in [6.07, 6.45) is 1.55. The minimum Gasteiger partial charge on any atom is -0.497 e. The molecule has 1 aromatic heterocycles. The lowest BCUT2D eigenvalue weighted by molar-refractivity contribution is 0.370. The zero-order valence-electron chi connectivity index (χ0n) is 13.3. The Morgan fingerprint density at radius 1 is 1.04 bits per heavy atom. The average Bonchev–Trinajstić information content (AvgIpc) is 3.10. The number of benzene rings is 2. The van der Waals surface area contributed by atoms with Crippen LogP contribution in [0.3, 0.4) is 0 Å². The molecular formula is C18H19N5O. The molecule has 0 saturated carbocycles. The Bertz CT molecular complexity index is 815. The van der Waals surface area contributed by atoms with Crippen molar-refractivity contribution in [3.63, 3.8) is 0 Å². The summed E-state index contributed by atoms with van der Waals surface area (Å²) in [5, 5.41) is 7.77. The minimum absolute atomic E-state index is 0.0324. The molecule has 1 aliphatic heterocycles. The maximum atomic E-state index is 6.65. The third kappa shape index (κ3) is 2.41. The highest BCUT2D eigenvalue weighted by atomic mass is 16.5. The van der Waals surface area contributed by atoms with Crippen LogP contribution in [-0.2, 0) is 0 Å². The Kier molecular flexibility index (Phi) is 3.66. The summed E-state index contributed by atoms with van der Waals surface area (Å²) in [5.41, 5.74) is 8.87. The van der Waals surface area contributed by atoms with E-state index in [9.17, 15) is 0 Å². The normalized spacial score (nSPS) is 22.5. The third-order valence-corrected chi connectivity index (χ3v) is 4.49. The highest BCUT2D eigenvalue weighted by Crippen LogP contribution is 2.36. The maximum absolute atomic E-state index is 6.65. The van der Waals surface area contributed by atoms with Crippen LogP contribution in [0.2, 0.25) is 0 Å². The van der Waals surface area contributed by atoms with Crippen LogP contribution in [0.4, 0.5) is 5.95 Å². The topological polar surface area (TPSA) is 78.0 Å². The Labute approximate surface area is 140 Å². The van der Waals surface area contributed by atoms with E-state index in [4.69, 9.17) is 10.5 Å². The molecule has 0 spiro atoms. The number of nitrogens with one attached hydrogen (secondary N) is 1. The molecule has 0 fully saturated rings. The lowest BCUT2D eigenvalue weighted by Gasteiger charge is -2.37. The van der Waals surface area contributed by atoms with Gasteiger partial charge in [0.1, 0.15) is 12.1 Å². The zero-order chi connectivity index (χ0) is 16.5. The number of hydrogen-bond donors (Lipinski definition) is 2. The predicted octanol–water partition coefficient (Wildman–Crippen LogP) is 2.37. The second-order valence-electron chi connectivity index (χ2n) is 5.86. The van der Waals surface area contributed by atoms with Crippen molar-refractivity contribution < 1.29 is 4.74 Å². The Balaban J connectivity index is 1.77. The van der Waals surface area contributed by atoms with Crippen LogP contribution in [0.5, 0.6) is 5.75 Å². The number of nitrogens with zero attached hydrogens (tertiary/aromatic N) is 3. The molecule has 0 amide bonds. The van der Waals surface area contributed by atoms with Gasteiger partial charge >= 0.3 is 0 Å². The summed E-state index contributed by atoms with van der Waals surface area (Å²) in [5.74, 6) is 1.55. The first kappa shape index (κ1) is 14.7. The van der Waals surface area contributed by atoms with Crippen molar-refractivity contribution in [2.75, 3.05) is 12.4 Å². The van der Waals surface area contributed by atoms with E-state index in [0.717, 1.165) is 22.8 Å². The van der Waals surface area contributed by atoms with Crippen molar-refractivity contribution in [2.24, 2.45) is 5.73 Å². The molecule has 4 rings (SSSR count). The third-order valence-electron chi connectivity index (χ3n) is 4.49. The lowest BCUT2D eigenvalue weighted by Crippen LogP contribution is -2.46. The van der Waals surface area contributed by atoms with Crippen molar-refractivity contribution in [3.05, 3.63) is 72.1 Å². The van der Waals surface area contributed by atoms with Crippen LogP contribution in [0.1, 0.15) is 23.2 Å². The molecule has 6 heteroatoms. The van der Waals surface area contributed by atoms with E-state index in [1.165, 1.54) is 0 Å². The minimum atomic E-state index is -0.185. The SMILES string of the molecule is COc1ccc([C@H]2[C@@H](N)[C@@H](c3ccccc3)Nc3ncnn32)cc1. The smallest absolute Gasteiger partial charge is 0.222 e. The number of fused-ring (bicyclic) bond motifs is 1. The number of methoxy groups -OCH3 is 1. The van der Waals surface area contributed by atoms with Gasteiger partial charge in [-0.25, -0.2) is 4.68 Å². The van der Waals surface area contributed by atoms with Crippen molar-refractivity contribution in [1.82, 2.24) is 14.8 Å². The van der Waals surface area contributed by atoms with E-state index >= 15 is 0 Å². The molecule has 3 N–H and O–H groups in total. The van der Waals surface area contributed by atoms with Gasteiger partial charge in [-0.05, 0) is 23.3 Å².